The fraction of sp³-hybridized carbons (Fsp3) is 0.562. The summed E-state index contributed by atoms with van der Waals surface area (Å²) in [5.74, 6) is 2.23. The van der Waals surface area contributed by atoms with Crippen LogP contribution in [0, 0.1) is 28.3 Å². The van der Waals surface area contributed by atoms with E-state index in [-0.39, 0.29) is 5.82 Å². The molecule has 112 valence electrons. The van der Waals surface area contributed by atoms with Crippen molar-refractivity contribution in [3.8, 4) is 0 Å². The maximum absolute atomic E-state index is 13.7. The lowest BCUT2D eigenvalue weighted by molar-refractivity contribution is 0.245. The average molecular weight is 369 g/mol. The van der Waals surface area contributed by atoms with Gasteiger partial charge in [-0.25, -0.2) is 4.39 Å². The molecule has 5 heteroatoms. The van der Waals surface area contributed by atoms with Crippen molar-refractivity contribution in [1.29, 1.82) is 0 Å². The second kappa shape index (κ2) is 4.92. The van der Waals surface area contributed by atoms with Crippen molar-refractivity contribution in [1.82, 2.24) is 9.55 Å². The van der Waals surface area contributed by atoms with Crippen LogP contribution < -0.4 is 0 Å². The molecular weight excluding hydrogens is 351 g/mol. The number of H-pyrrole nitrogens is 1. The highest BCUT2D eigenvalue weighted by atomic mass is 79.9. The third kappa shape index (κ3) is 2.12. The molecule has 2 saturated carbocycles. The second-order valence-electron chi connectivity index (χ2n) is 6.66. The Kier molecular flexibility index (Phi) is 3.26. The Morgan fingerprint density at radius 1 is 1.38 bits per heavy atom. The van der Waals surface area contributed by atoms with Gasteiger partial charge in [0.15, 0.2) is 4.77 Å². The first kappa shape index (κ1) is 13.9. The summed E-state index contributed by atoms with van der Waals surface area (Å²) in [7, 11) is 0. The number of aromatic amines is 1. The molecule has 21 heavy (non-hydrogen) atoms. The van der Waals surface area contributed by atoms with Crippen molar-refractivity contribution in [3.05, 3.63) is 27.2 Å². The summed E-state index contributed by atoms with van der Waals surface area (Å²) in [5, 5.41) is 0. The molecule has 2 bridgehead atoms. The standard InChI is InChI=1S/C16H18BrFN2S/c1-8(11-5-9-2-3-10(11)4-9)20-15-6-12(17)13(18)7-14(15)19-16(20)21/h6-11H,2-5H2,1H3,(H,19,21). The van der Waals surface area contributed by atoms with Gasteiger partial charge < -0.3 is 9.55 Å². The summed E-state index contributed by atoms with van der Waals surface area (Å²) in [4.78, 5) is 3.16. The van der Waals surface area contributed by atoms with Crippen LogP contribution in [0.3, 0.4) is 0 Å². The van der Waals surface area contributed by atoms with Crippen LogP contribution >= 0.6 is 28.1 Å². The highest BCUT2D eigenvalue weighted by Gasteiger charge is 2.42. The Balaban J connectivity index is 1.80. The number of hydrogen-bond donors (Lipinski definition) is 1. The molecule has 2 fully saturated rings. The number of hydrogen-bond acceptors (Lipinski definition) is 1. The van der Waals surface area contributed by atoms with Crippen LogP contribution in [0.2, 0.25) is 0 Å². The quantitative estimate of drug-likeness (QED) is 0.684. The van der Waals surface area contributed by atoms with Gasteiger partial charge in [-0.3, -0.25) is 0 Å². The molecule has 2 aliphatic rings. The molecule has 0 amide bonds. The molecule has 0 aliphatic heterocycles. The maximum atomic E-state index is 13.7. The van der Waals surface area contributed by atoms with E-state index in [2.05, 4.69) is 32.4 Å². The summed E-state index contributed by atoms with van der Waals surface area (Å²) in [6.07, 6.45) is 5.49. The van der Waals surface area contributed by atoms with Gasteiger partial charge in [0, 0.05) is 12.1 Å². The van der Waals surface area contributed by atoms with Crippen LogP contribution in [-0.2, 0) is 0 Å². The van der Waals surface area contributed by atoms with Gasteiger partial charge in [0.05, 0.1) is 15.5 Å². The normalized spacial score (nSPS) is 29.4. The maximum Gasteiger partial charge on any atom is 0.178 e. The summed E-state index contributed by atoms with van der Waals surface area (Å²) >= 11 is 8.80. The topological polar surface area (TPSA) is 20.7 Å². The second-order valence-corrected chi connectivity index (χ2v) is 7.90. The average Bonchev–Trinajstić information content (AvgIpc) is 3.12. The predicted octanol–water partition coefficient (Wildman–Crippen LogP) is 5.60. The van der Waals surface area contributed by atoms with E-state index in [1.807, 2.05) is 6.07 Å². The lowest BCUT2D eigenvalue weighted by atomic mass is 9.84. The number of benzene rings is 1. The molecule has 1 aromatic carbocycles. The molecule has 2 aliphatic carbocycles. The van der Waals surface area contributed by atoms with Crippen LogP contribution in [0.1, 0.15) is 38.6 Å². The fourth-order valence-corrected chi connectivity index (χ4v) is 5.31. The first-order valence-corrected chi connectivity index (χ1v) is 8.84. The van der Waals surface area contributed by atoms with Gasteiger partial charge in [-0.2, -0.15) is 0 Å². The minimum absolute atomic E-state index is 0.251. The van der Waals surface area contributed by atoms with Crippen LogP contribution in [0.15, 0.2) is 16.6 Å². The minimum atomic E-state index is -0.251. The molecular formula is C16H18BrFN2S. The van der Waals surface area contributed by atoms with Gasteiger partial charge in [0.1, 0.15) is 5.82 Å². The van der Waals surface area contributed by atoms with Gasteiger partial charge >= 0.3 is 0 Å². The van der Waals surface area contributed by atoms with Crippen molar-refractivity contribution >= 4 is 39.2 Å². The van der Waals surface area contributed by atoms with Crippen molar-refractivity contribution in [2.24, 2.45) is 17.8 Å². The van der Waals surface area contributed by atoms with Gasteiger partial charge in [-0.15, -0.1) is 0 Å². The van der Waals surface area contributed by atoms with Crippen molar-refractivity contribution in [2.75, 3.05) is 0 Å². The molecule has 0 radical (unpaired) electrons. The summed E-state index contributed by atoms with van der Waals surface area (Å²) in [6.45, 7) is 2.27. The first-order chi connectivity index (χ1) is 10.0. The van der Waals surface area contributed by atoms with Crippen molar-refractivity contribution < 1.29 is 4.39 Å². The van der Waals surface area contributed by atoms with E-state index < -0.39 is 0 Å². The van der Waals surface area contributed by atoms with Crippen molar-refractivity contribution in [2.45, 2.75) is 38.6 Å². The molecule has 0 saturated heterocycles. The molecule has 4 unspecified atom stereocenters. The Morgan fingerprint density at radius 2 is 2.19 bits per heavy atom. The monoisotopic (exact) mass is 368 g/mol. The van der Waals surface area contributed by atoms with E-state index in [1.54, 1.807) is 0 Å². The third-order valence-electron chi connectivity index (χ3n) is 5.58. The number of nitrogens with one attached hydrogen (secondary N) is 1. The van der Waals surface area contributed by atoms with Gasteiger partial charge in [-0.05, 0) is 78.2 Å². The summed E-state index contributed by atoms with van der Waals surface area (Å²) < 4.78 is 17.1. The van der Waals surface area contributed by atoms with E-state index in [4.69, 9.17) is 12.2 Å². The van der Waals surface area contributed by atoms with Crippen LogP contribution in [0.5, 0.6) is 0 Å². The van der Waals surface area contributed by atoms with Crippen LogP contribution in [0.4, 0.5) is 4.39 Å². The molecule has 1 aromatic heterocycles. The van der Waals surface area contributed by atoms with Crippen LogP contribution in [-0.4, -0.2) is 9.55 Å². The van der Waals surface area contributed by atoms with E-state index >= 15 is 0 Å². The summed E-state index contributed by atoms with van der Waals surface area (Å²) in [5.41, 5.74) is 1.79. The number of imidazole rings is 1. The first-order valence-electron chi connectivity index (χ1n) is 7.64. The number of fused-ring (bicyclic) bond motifs is 3. The Labute approximate surface area is 136 Å². The molecule has 4 rings (SSSR count). The minimum Gasteiger partial charge on any atom is -0.330 e. The lowest BCUT2D eigenvalue weighted by Gasteiger charge is -2.29. The number of nitrogens with zero attached hydrogens (tertiary/aromatic N) is 1. The van der Waals surface area contributed by atoms with E-state index in [0.717, 1.165) is 22.9 Å². The molecule has 1 N–H and O–H groups in total. The molecule has 1 heterocycles. The number of halogens is 2. The largest absolute Gasteiger partial charge is 0.330 e. The molecule has 2 nitrogen and oxygen atoms in total. The third-order valence-corrected chi connectivity index (χ3v) is 6.48. The zero-order valence-electron chi connectivity index (χ0n) is 11.9. The molecule has 0 spiro atoms. The highest BCUT2D eigenvalue weighted by Crippen LogP contribution is 2.52. The van der Waals surface area contributed by atoms with E-state index in [1.165, 1.54) is 31.7 Å². The number of aromatic nitrogens is 2. The van der Waals surface area contributed by atoms with E-state index in [0.29, 0.717) is 21.2 Å². The number of rotatable bonds is 2. The lowest BCUT2D eigenvalue weighted by Crippen LogP contribution is -2.22. The Morgan fingerprint density at radius 3 is 2.86 bits per heavy atom. The Bertz CT molecular complexity index is 765. The fourth-order valence-electron chi connectivity index (χ4n) is 4.60. The SMILES string of the molecule is CC(C1CC2CCC1C2)n1c(=S)[nH]c2cc(F)c(Br)cc21. The van der Waals surface area contributed by atoms with Gasteiger partial charge in [0.2, 0.25) is 0 Å². The van der Waals surface area contributed by atoms with Gasteiger partial charge in [0.25, 0.3) is 0 Å². The zero-order chi connectivity index (χ0) is 14.7. The predicted molar refractivity (Wildman–Crippen MR) is 88.4 cm³/mol. The van der Waals surface area contributed by atoms with Crippen molar-refractivity contribution in [3.63, 3.8) is 0 Å². The Hall–Kier alpha value is -0.680. The van der Waals surface area contributed by atoms with Gasteiger partial charge in [-0.1, -0.05) is 6.42 Å². The zero-order valence-corrected chi connectivity index (χ0v) is 14.3. The summed E-state index contributed by atoms with van der Waals surface area (Å²) in [6, 6.07) is 3.75. The highest BCUT2D eigenvalue weighted by molar-refractivity contribution is 9.10. The van der Waals surface area contributed by atoms with E-state index in [9.17, 15) is 4.39 Å². The van der Waals surface area contributed by atoms with Crippen LogP contribution in [0.25, 0.3) is 11.0 Å². The smallest absolute Gasteiger partial charge is 0.178 e. The molecule has 4 atom stereocenters. The molecule has 2 aromatic rings.